The topological polar surface area (TPSA) is 78.4 Å². The van der Waals surface area contributed by atoms with Gasteiger partial charge in [0, 0.05) is 24.7 Å². The Labute approximate surface area is 112 Å². The van der Waals surface area contributed by atoms with E-state index < -0.39 is 5.97 Å². The van der Waals surface area contributed by atoms with Crippen LogP contribution < -0.4 is 10.6 Å². The van der Waals surface area contributed by atoms with Crippen molar-refractivity contribution in [1.29, 1.82) is 0 Å². The number of benzene rings is 1. The molecule has 1 aromatic rings. The van der Waals surface area contributed by atoms with E-state index in [0.29, 0.717) is 18.7 Å². The summed E-state index contributed by atoms with van der Waals surface area (Å²) in [6, 6.07) is 6.98. The first-order valence-electron chi connectivity index (χ1n) is 6.13. The van der Waals surface area contributed by atoms with Gasteiger partial charge >= 0.3 is 5.97 Å². The van der Waals surface area contributed by atoms with Crippen LogP contribution in [0.4, 0.5) is 5.69 Å². The molecule has 0 radical (unpaired) electrons. The Hall–Kier alpha value is -2.14. The van der Waals surface area contributed by atoms with Crippen LogP contribution in [-0.4, -0.2) is 30.1 Å². The van der Waals surface area contributed by atoms with Crippen molar-refractivity contribution in [2.24, 2.45) is 0 Å². The third-order valence-electron chi connectivity index (χ3n) is 2.39. The van der Waals surface area contributed by atoms with Crippen LogP contribution in [-0.2, 0) is 9.59 Å². The predicted octanol–water partition coefficient (Wildman–Crippen LogP) is 1.72. The van der Waals surface area contributed by atoms with Crippen molar-refractivity contribution in [1.82, 2.24) is 5.32 Å². The molecule has 1 aromatic carbocycles. The van der Waals surface area contributed by atoms with Gasteiger partial charge in [-0.3, -0.25) is 4.79 Å². The minimum absolute atomic E-state index is 0.0465. The van der Waals surface area contributed by atoms with Crippen molar-refractivity contribution in [2.75, 3.05) is 18.4 Å². The first-order chi connectivity index (χ1) is 9.11. The number of carbonyl (C=O) groups is 2. The number of carbonyl (C=O) groups excluding carboxylic acids is 1. The number of hydrogen-bond acceptors (Lipinski definition) is 3. The number of aliphatic carboxylic acids is 1. The number of anilines is 1. The number of carboxylic acid groups (broad SMARTS) is 1. The molecule has 0 atom stereocenters. The molecule has 5 nitrogen and oxygen atoms in total. The van der Waals surface area contributed by atoms with Crippen LogP contribution in [0.5, 0.6) is 0 Å². The Bertz CT molecular complexity index is 452. The van der Waals surface area contributed by atoms with Gasteiger partial charge in [-0.05, 0) is 30.3 Å². The van der Waals surface area contributed by atoms with Crippen LogP contribution in [0.1, 0.15) is 18.9 Å². The lowest BCUT2D eigenvalue weighted by molar-refractivity contribution is -0.131. The van der Waals surface area contributed by atoms with Crippen LogP contribution in [0.2, 0.25) is 0 Å². The molecule has 1 amide bonds. The van der Waals surface area contributed by atoms with Crippen LogP contribution >= 0.6 is 0 Å². The predicted molar refractivity (Wildman–Crippen MR) is 74.9 cm³/mol. The zero-order valence-corrected chi connectivity index (χ0v) is 10.8. The quantitative estimate of drug-likeness (QED) is 0.516. The maximum atomic E-state index is 11.5. The maximum Gasteiger partial charge on any atom is 0.328 e. The van der Waals surface area contributed by atoms with E-state index in [1.165, 1.54) is 6.08 Å². The fraction of sp³-hybridized carbons (Fsp3) is 0.286. The number of amides is 1. The van der Waals surface area contributed by atoms with Crippen molar-refractivity contribution in [3.63, 3.8) is 0 Å². The number of carboxylic acids is 1. The molecule has 0 aromatic heterocycles. The summed E-state index contributed by atoms with van der Waals surface area (Å²) < 4.78 is 0. The van der Waals surface area contributed by atoms with Crippen LogP contribution in [0.3, 0.4) is 0 Å². The normalized spacial score (nSPS) is 10.6. The molecule has 0 fully saturated rings. The Kier molecular flexibility index (Phi) is 6.32. The molecule has 0 spiro atoms. The molecule has 0 saturated heterocycles. The van der Waals surface area contributed by atoms with Crippen molar-refractivity contribution >= 4 is 23.6 Å². The second-order valence-corrected chi connectivity index (χ2v) is 3.95. The van der Waals surface area contributed by atoms with E-state index in [2.05, 4.69) is 10.6 Å². The van der Waals surface area contributed by atoms with Gasteiger partial charge in [0.2, 0.25) is 5.91 Å². The lowest BCUT2D eigenvalue weighted by Gasteiger charge is -2.05. The standard InChI is InChI=1S/C14H18N2O3/c1-2-15-10-9-13(17)16-12-6-3-11(4-7-12)5-8-14(18)19/h3-8,15H,2,9-10H2,1H3,(H,16,17)(H,18,19)/b8-5+. The highest BCUT2D eigenvalue weighted by molar-refractivity contribution is 5.91. The Morgan fingerprint density at radius 2 is 1.95 bits per heavy atom. The fourth-order valence-electron chi connectivity index (χ4n) is 1.45. The lowest BCUT2D eigenvalue weighted by Crippen LogP contribution is -2.21. The highest BCUT2D eigenvalue weighted by atomic mass is 16.4. The second kappa shape index (κ2) is 8.05. The van der Waals surface area contributed by atoms with Gasteiger partial charge in [-0.25, -0.2) is 4.79 Å². The summed E-state index contributed by atoms with van der Waals surface area (Å²) in [6.07, 6.45) is 3.00. The summed E-state index contributed by atoms with van der Waals surface area (Å²) in [5.74, 6) is -1.03. The van der Waals surface area contributed by atoms with Crippen molar-refractivity contribution in [3.05, 3.63) is 35.9 Å². The molecule has 1 rings (SSSR count). The van der Waals surface area contributed by atoms with E-state index >= 15 is 0 Å². The average Bonchev–Trinajstić information content (AvgIpc) is 2.38. The monoisotopic (exact) mass is 262 g/mol. The molecule has 0 heterocycles. The minimum atomic E-state index is -0.985. The minimum Gasteiger partial charge on any atom is -0.478 e. The van der Waals surface area contributed by atoms with E-state index in [4.69, 9.17) is 5.11 Å². The third-order valence-corrected chi connectivity index (χ3v) is 2.39. The zero-order chi connectivity index (χ0) is 14.1. The smallest absolute Gasteiger partial charge is 0.328 e. The van der Waals surface area contributed by atoms with Crippen molar-refractivity contribution < 1.29 is 14.7 Å². The Morgan fingerprint density at radius 1 is 1.26 bits per heavy atom. The molecule has 3 N–H and O–H groups in total. The molecular weight excluding hydrogens is 244 g/mol. The van der Waals surface area contributed by atoms with E-state index in [1.54, 1.807) is 24.3 Å². The van der Waals surface area contributed by atoms with Gasteiger partial charge < -0.3 is 15.7 Å². The molecule has 0 bridgehead atoms. The molecule has 0 aliphatic heterocycles. The van der Waals surface area contributed by atoms with Crippen LogP contribution in [0.15, 0.2) is 30.3 Å². The molecular formula is C14H18N2O3. The van der Waals surface area contributed by atoms with Crippen molar-refractivity contribution in [3.8, 4) is 0 Å². The van der Waals surface area contributed by atoms with E-state index in [9.17, 15) is 9.59 Å². The van der Waals surface area contributed by atoms with Crippen molar-refractivity contribution in [2.45, 2.75) is 13.3 Å². The largest absolute Gasteiger partial charge is 0.478 e. The summed E-state index contributed by atoms with van der Waals surface area (Å²) in [6.45, 7) is 3.49. The molecule has 102 valence electrons. The van der Waals surface area contributed by atoms with E-state index in [1.807, 2.05) is 6.92 Å². The zero-order valence-electron chi connectivity index (χ0n) is 10.8. The summed E-state index contributed by atoms with van der Waals surface area (Å²) in [5.41, 5.74) is 1.47. The second-order valence-electron chi connectivity index (χ2n) is 3.95. The summed E-state index contributed by atoms with van der Waals surface area (Å²) in [4.78, 5) is 21.9. The lowest BCUT2D eigenvalue weighted by atomic mass is 10.2. The van der Waals surface area contributed by atoms with E-state index in [0.717, 1.165) is 18.2 Å². The maximum absolute atomic E-state index is 11.5. The fourth-order valence-corrected chi connectivity index (χ4v) is 1.45. The van der Waals surface area contributed by atoms with Gasteiger partial charge in [-0.2, -0.15) is 0 Å². The van der Waals surface area contributed by atoms with Crippen LogP contribution in [0.25, 0.3) is 6.08 Å². The number of nitrogens with one attached hydrogen (secondary N) is 2. The Morgan fingerprint density at radius 3 is 2.53 bits per heavy atom. The number of rotatable bonds is 7. The summed E-state index contributed by atoms with van der Waals surface area (Å²) in [7, 11) is 0. The van der Waals surface area contributed by atoms with Gasteiger partial charge in [0.15, 0.2) is 0 Å². The molecule has 5 heteroatoms. The van der Waals surface area contributed by atoms with Gasteiger partial charge in [0.1, 0.15) is 0 Å². The van der Waals surface area contributed by atoms with Gasteiger partial charge in [-0.15, -0.1) is 0 Å². The van der Waals surface area contributed by atoms with Crippen LogP contribution in [0, 0.1) is 0 Å². The Balaban J connectivity index is 2.47. The van der Waals surface area contributed by atoms with Gasteiger partial charge in [-0.1, -0.05) is 19.1 Å². The van der Waals surface area contributed by atoms with Gasteiger partial charge in [0.25, 0.3) is 0 Å². The third kappa shape index (κ3) is 6.38. The SMILES string of the molecule is CCNCCC(=O)Nc1ccc(/C=C/C(=O)O)cc1. The first-order valence-corrected chi connectivity index (χ1v) is 6.13. The first kappa shape index (κ1) is 14.9. The highest BCUT2D eigenvalue weighted by Gasteiger charge is 2.01. The summed E-state index contributed by atoms with van der Waals surface area (Å²) >= 11 is 0. The molecule has 0 unspecified atom stereocenters. The van der Waals surface area contributed by atoms with Gasteiger partial charge in [0.05, 0.1) is 0 Å². The molecule has 19 heavy (non-hydrogen) atoms. The van der Waals surface area contributed by atoms with E-state index in [-0.39, 0.29) is 5.91 Å². The molecule has 0 saturated carbocycles. The molecule has 0 aliphatic carbocycles. The highest BCUT2D eigenvalue weighted by Crippen LogP contribution is 2.11. The average molecular weight is 262 g/mol. The number of hydrogen-bond donors (Lipinski definition) is 3. The summed E-state index contributed by atoms with van der Waals surface area (Å²) in [5, 5.41) is 14.4. The molecule has 0 aliphatic rings.